The van der Waals surface area contributed by atoms with Crippen LogP contribution in [0.4, 0.5) is 0 Å². The fraction of sp³-hybridized carbons (Fsp3) is 0.800. The number of carbonyl (C=O) groups is 1. The SMILES string of the molecule is CC(O)C(=O)O.CCO. The molecule has 0 fully saturated rings. The molecule has 0 aliphatic heterocycles. The molecule has 0 aromatic rings. The summed E-state index contributed by atoms with van der Waals surface area (Å²) < 4.78 is 0. The van der Waals surface area contributed by atoms with Crippen LogP contribution >= 0.6 is 0 Å². The van der Waals surface area contributed by atoms with Crippen LogP contribution in [0, 0.1) is 0 Å². The highest BCUT2D eigenvalue weighted by Gasteiger charge is 2.01. The minimum Gasteiger partial charge on any atom is -0.479 e. The van der Waals surface area contributed by atoms with E-state index in [2.05, 4.69) is 0 Å². The Balaban J connectivity index is 0. The Morgan fingerprint density at radius 2 is 1.78 bits per heavy atom. The minimum absolute atomic E-state index is 0.250. The van der Waals surface area contributed by atoms with E-state index in [1.807, 2.05) is 0 Å². The normalized spacial score (nSPS) is 11.1. The lowest BCUT2D eigenvalue weighted by atomic mass is 10.4. The molecule has 0 heterocycles. The Labute approximate surface area is 53.7 Å². The number of rotatable bonds is 1. The first-order valence-electron chi connectivity index (χ1n) is 2.58. The van der Waals surface area contributed by atoms with Gasteiger partial charge in [0.15, 0.2) is 0 Å². The van der Waals surface area contributed by atoms with Crippen LogP contribution in [-0.2, 0) is 4.79 Å². The number of aliphatic hydroxyl groups is 2. The minimum atomic E-state index is -1.23. The molecule has 0 spiro atoms. The molecule has 56 valence electrons. The Morgan fingerprint density at radius 1 is 1.67 bits per heavy atom. The van der Waals surface area contributed by atoms with E-state index in [0.29, 0.717) is 0 Å². The van der Waals surface area contributed by atoms with Crippen molar-refractivity contribution in [3.63, 3.8) is 0 Å². The van der Waals surface area contributed by atoms with Gasteiger partial charge in [0, 0.05) is 6.61 Å². The second-order valence-electron chi connectivity index (χ2n) is 1.33. The van der Waals surface area contributed by atoms with Gasteiger partial charge < -0.3 is 15.3 Å². The summed E-state index contributed by atoms with van der Waals surface area (Å²) in [7, 11) is 0. The molecule has 1 unspecified atom stereocenters. The van der Waals surface area contributed by atoms with E-state index in [0.717, 1.165) is 0 Å². The zero-order valence-electron chi connectivity index (χ0n) is 5.53. The zero-order chi connectivity index (χ0) is 7.86. The highest BCUT2D eigenvalue weighted by molar-refractivity contribution is 5.71. The third-order valence-corrected chi connectivity index (χ3v) is 0.357. The number of aliphatic hydroxyl groups excluding tert-OH is 2. The van der Waals surface area contributed by atoms with Gasteiger partial charge in [0.1, 0.15) is 6.10 Å². The molecule has 4 nitrogen and oxygen atoms in total. The highest BCUT2D eigenvalue weighted by Crippen LogP contribution is 1.73. The maximum absolute atomic E-state index is 9.45. The topological polar surface area (TPSA) is 77.8 Å². The lowest BCUT2D eigenvalue weighted by Crippen LogP contribution is -2.13. The lowest BCUT2D eigenvalue weighted by Gasteiger charge is -1.89. The Kier molecular flexibility index (Phi) is 9.21. The standard InChI is InChI=1S/C3H6O3.C2H6O/c1-2(4)3(5)6;1-2-3/h2,4H,1H3,(H,5,6);3H,2H2,1H3. The summed E-state index contributed by atoms with van der Waals surface area (Å²) in [4.78, 5) is 9.45. The van der Waals surface area contributed by atoms with E-state index in [1.165, 1.54) is 6.92 Å². The average molecular weight is 136 g/mol. The second-order valence-corrected chi connectivity index (χ2v) is 1.33. The van der Waals surface area contributed by atoms with Crippen molar-refractivity contribution in [2.75, 3.05) is 6.61 Å². The van der Waals surface area contributed by atoms with E-state index in [-0.39, 0.29) is 6.61 Å². The highest BCUT2D eigenvalue weighted by atomic mass is 16.4. The van der Waals surface area contributed by atoms with E-state index < -0.39 is 12.1 Å². The molecule has 0 saturated carbocycles. The van der Waals surface area contributed by atoms with Gasteiger partial charge in [0.05, 0.1) is 0 Å². The molecule has 3 N–H and O–H groups in total. The van der Waals surface area contributed by atoms with E-state index in [4.69, 9.17) is 15.3 Å². The van der Waals surface area contributed by atoms with Gasteiger partial charge in [0.2, 0.25) is 0 Å². The first-order chi connectivity index (χ1) is 4.06. The molecule has 0 bridgehead atoms. The van der Waals surface area contributed by atoms with Crippen molar-refractivity contribution in [1.82, 2.24) is 0 Å². The zero-order valence-corrected chi connectivity index (χ0v) is 5.53. The van der Waals surface area contributed by atoms with Crippen molar-refractivity contribution >= 4 is 5.97 Å². The van der Waals surface area contributed by atoms with Crippen molar-refractivity contribution in [3.8, 4) is 0 Å². The molecule has 0 saturated heterocycles. The summed E-state index contributed by atoms with van der Waals surface area (Å²) in [6.45, 7) is 3.13. The second kappa shape index (κ2) is 7.39. The molecule has 4 heteroatoms. The maximum Gasteiger partial charge on any atom is 0.332 e. The molecule has 0 amide bonds. The Morgan fingerprint density at radius 3 is 1.78 bits per heavy atom. The van der Waals surface area contributed by atoms with Gasteiger partial charge in [-0.1, -0.05) is 0 Å². The summed E-state index contributed by atoms with van der Waals surface area (Å²) in [5.41, 5.74) is 0. The van der Waals surface area contributed by atoms with E-state index in [9.17, 15) is 4.79 Å². The van der Waals surface area contributed by atoms with Gasteiger partial charge in [0.25, 0.3) is 0 Å². The van der Waals surface area contributed by atoms with Crippen LogP contribution in [0.25, 0.3) is 0 Å². The van der Waals surface area contributed by atoms with Crippen molar-refractivity contribution in [2.45, 2.75) is 20.0 Å². The van der Waals surface area contributed by atoms with Gasteiger partial charge >= 0.3 is 5.97 Å². The maximum atomic E-state index is 9.45. The van der Waals surface area contributed by atoms with Crippen LogP contribution < -0.4 is 0 Å². The molecule has 0 aliphatic rings. The molecule has 9 heavy (non-hydrogen) atoms. The molecule has 1 atom stereocenters. The number of carboxylic acid groups (broad SMARTS) is 1. The summed E-state index contributed by atoms with van der Waals surface area (Å²) in [6, 6.07) is 0. The van der Waals surface area contributed by atoms with Crippen LogP contribution in [-0.4, -0.2) is 34.0 Å². The molecule has 0 aromatic heterocycles. The predicted molar refractivity (Wildman–Crippen MR) is 32.1 cm³/mol. The van der Waals surface area contributed by atoms with Gasteiger partial charge in [-0.3, -0.25) is 0 Å². The summed E-state index contributed by atoms with van der Waals surface area (Å²) in [6.07, 6.45) is -1.23. The fourth-order valence-electron chi connectivity index (χ4n) is 0. The van der Waals surface area contributed by atoms with Crippen molar-refractivity contribution < 1.29 is 20.1 Å². The van der Waals surface area contributed by atoms with Crippen LogP contribution in [0.2, 0.25) is 0 Å². The summed E-state index contributed by atoms with van der Waals surface area (Å²) in [5.74, 6) is -1.19. The fourth-order valence-corrected chi connectivity index (χ4v) is 0. The van der Waals surface area contributed by atoms with Gasteiger partial charge in [-0.15, -0.1) is 0 Å². The van der Waals surface area contributed by atoms with Gasteiger partial charge in [-0.25, -0.2) is 4.79 Å². The Bertz CT molecular complexity index is 69.4. The third kappa shape index (κ3) is 18.7. The first kappa shape index (κ1) is 11.2. The van der Waals surface area contributed by atoms with Crippen LogP contribution in [0.3, 0.4) is 0 Å². The smallest absolute Gasteiger partial charge is 0.332 e. The summed E-state index contributed by atoms with van der Waals surface area (Å²) >= 11 is 0. The number of hydrogen-bond acceptors (Lipinski definition) is 3. The van der Waals surface area contributed by atoms with Crippen molar-refractivity contribution in [2.24, 2.45) is 0 Å². The average Bonchev–Trinajstić information content (AvgIpc) is 1.68. The quantitative estimate of drug-likeness (QED) is 0.452. The van der Waals surface area contributed by atoms with Gasteiger partial charge in [-0.05, 0) is 13.8 Å². The third-order valence-electron chi connectivity index (χ3n) is 0.357. The lowest BCUT2D eigenvalue weighted by molar-refractivity contribution is -0.145. The largest absolute Gasteiger partial charge is 0.479 e. The van der Waals surface area contributed by atoms with E-state index >= 15 is 0 Å². The number of aliphatic carboxylic acids is 1. The van der Waals surface area contributed by atoms with Gasteiger partial charge in [-0.2, -0.15) is 0 Å². The predicted octanol–water partition coefficient (Wildman–Crippen LogP) is -0.550. The van der Waals surface area contributed by atoms with Crippen LogP contribution in [0.5, 0.6) is 0 Å². The van der Waals surface area contributed by atoms with Crippen LogP contribution in [0.15, 0.2) is 0 Å². The molecular formula is C5H12O4. The number of carboxylic acids is 1. The molecule has 0 aliphatic carbocycles. The number of hydrogen-bond donors (Lipinski definition) is 3. The molecule has 0 rings (SSSR count). The monoisotopic (exact) mass is 136 g/mol. The van der Waals surface area contributed by atoms with Crippen LogP contribution in [0.1, 0.15) is 13.8 Å². The molecule has 0 radical (unpaired) electrons. The molecular weight excluding hydrogens is 124 g/mol. The van der Waals surface area contributed by atoms with E-state index in [1.54, 1.807) is 6.92 Å². The van der Waals surface area contributed by atoms with Crippen molar-refractivity contribution in [1.29, 1.82) is 0 Å². The van der Waals surface area contributed by atoms with Crippen molar-refractivity contribution in [3.05, 3.63) is 0 Å². The molecule has 0 aromatic carbocycles. The first-order valence-corrected chi connectivity index (χ1v) is 2.58. The Hall–Kier alpha value is -0.610. The summed E-state index contributed by atoms with van der Waals surface area (Å²) in [5, 5.41) is 23.3.